The molecule has 0 saturated carbocycles. The molecule has 0 radical (unpaired) electrons. The van der Waals surface area contributed by atoms with Crippen molar-refractivity contribution in [3.8, 4) is 0 Å². The molecule has 1 aromatic carbocycles. The molecule has 0 aliphatic carbocycles. The van der Waals surface area contributed by atoms with E-state index in [-0.39, 0.29) is 5.56 Å². The predicted octanol–water partition coefficient (Wildman–Crippen LogP) is 2.56. The summed E-state index contributed by atoms with van der Waals surface area (Å²) in [6.07, 6.45) is 1.72. The van der Waals surface area contributed by atoms with Gasteiger partial charge in [0, 0.05) is 11.6 Å². The van der Waals surface area contributed by atoms with Gasteiger partial charge in [-0.2, -0.15) is 4.52 Å². The van der Waals surface area contributed by atoms with Crippen LogP contribution in [0.25, 0.3) is 15.9 Å². The number of benzene rings is 1. The lowest BCUT2D eigenvalue weighted by Crippen LogP contribution is -2.15. The largest absolute Gasteiger partial charge is 0.357 e. The van der Waals surface area contributed by atoms with Crippen LogP contribution in [0.15, 0.2) is 35.6 Å². The summed E-state index contributed by atoms with van der Waals surface area (Å²) in [6.45, 7) is 4.20. The van der Waals surface area contributed by atoms with Crippen molar-refractivity contribution >= 4 is 43.9 Å². The number of hydrogen-bond acceptors (Lipinski definition) is 5. The van der Waals surface area contributed by atoms with Crippen LogP contribution >= 0.6 is 22.9 Å². The van der Waals surface area contributed by atoms with Gasteiger partial charge in [-0.05, 0) is 18.2 Å². The second kappa shape index (κ2) is 4.64. The molecule has 0 amide bonds. The Morgan fingerprint density at radius 3 is 3.16 bits per heavy atom. The zero-order valence-corrected chi connectivity index (χ0v) is 11.3. The Kier molecular flexibility index (Phi) is 2.96. The Morgan fingerprint density at radius 2 is 2.37 bits per heavy atom. The van der Waals surface area contributed by atoms with Gasteiger partial charge in [0.2, 0.25) is 10.1 Å². The number of aromatic nitrogens is 3. The van der Waals surface area contributed by atoms with E-state index >= 15 is 0 Å². The zero-order chi connectivity index (χ0) is 13.4. The second-order valence-electron chi connectivity index (χ2n) is 3.85. The fourth-order valence-corrected chi connectivity index (χ4v) is 2.69. The maximum atomic E-state index is 12.3. The minimum atomic E-state index is -0.217. The summed E-state index contributed by atoms with van der Waals surface area (Å²) in [5.74, 6) is 0. The van der Waals surface area contributed by atoms with Crippen LogP contribution in [0.5, 0.6) is 0 Å². The van der Waals surface area contributed by atoms with Crippen molar-refractivity contribution in [2.24, 2.45) is 0 Å². The van der Waals surface area contributed by atoms with E-state index in [2.05, 4.69) is 22.0 Å². The second-order valence-corrected chi connectivity index (χ2v) is 5.24. The third-order valence-electron chi connectivity index (χ3n) is 2.56. The molecule has 19 heavy (non-hydrogen) atoms. The highest BCUT2D eigenvalue weighted by molar-refractivity contribution is 7.20. The van der Waals surface area contributed by atoms with E-state index in [1.807, 2.05) is 0 Å². The molecule has 0 aliphatic rings. The lowest BCUT2D eigenvalue weighted by molar-refractivity contribution is 0.915. The van der Waals surface area contributed by atoms with Gasteiger partial charge in [-0.3, -0.25) is 4.79 Å². The maximum Gasteiger partial charge on any atom is 0.283 e. The fraction of sp³-hybridized carbons (Fsp3) is 0.0833. The van der Waals surface area contributed by atoms with E-state index in [9.17, 15) is 4.79 Å². The first-order valence-electron chi connectivity index (χ1n) is 5.53. The quantitative estimate of drug-likeness (QED) is 0.754. The molecule has 2 heterocycles. The summed E-state index contributed by atoms with van der Waals surface area (Å²) >= 11 is 7.22. The van der Waals surface area contributed by atoms with Crippen LogP contribution < -0.4 is 10.9 Å². The Morgan fingerprint density at radius 1 is 1.53 bits per heavy atom. The van der Waals surface area contributed by atoms with E-state index in [4.69, 9.17) is 11.6 Å². The number of anilines is 1. The van der Waals surface area contributed by atoms with E-state index < -0.39 is 0 Å². The summed E-state index contributed by atoms with van der Waals surface area (Å²) in [5, 5.41) is 8.83. The molecular weight excluding hydrogens is 284 g/mol. The van der Waals surface area contributed by atoms with Crippen molar-refractivity contribution in [3.05, 3.63) is 46.2 Å². The highest BCUT2D eigenvalue weighted by Crippen LogP contribution is 2.20. The van der Waals surface area contributed by atoms with Crippen LogP contribution in [0.3, 0.4) is 0 Å². The highest BCUT2D eigenvalue weighted by Gasteiger charge is 2.10. The fourth-order valence-electron chi connectivity index (χ4n) is 1.71. The van der Waals surface area contributed by atoms with E-state index in [1.54, 1.807) is 24.3 Å². The summed E-state index contributed by atoms with van der Waals surface area (Å²) in [6, 6.07) is 5.05. The van der Waals surface area contributed by atoms with E-state index in [0.29, 0.717) is 32.6 Å². The Balaban J connectivity index is 2.27. The summed E-state index contributed by atoms with van der Waals surface area (Å²) in [7, 11) is 0. The summed E-state index contributed by atoms with van der Waals surface area (Å²) in [4.78, 5) is 17.2. The predicted molar refractivity (Wildman–Crippen MR) is 78.3 cm³/mol. The minimum Gasteiger partial charge on any atom is -0.357 e. The molecule has 7 heteroatoms. The number of fused-ring (bicyclic) bond motifs is 2. The Hall–Kier alpha value is -1.92. The molecule has 96 valence electrons. The van der Waals surface area contributed by atoms with Gasteiger partial charge < -0.3 is 5.32 Å². The van der Waals surface area contributed by atoms with Gasteiger partial charge in [0.1, 0.15) is 0 Å². The molecule has 0 spiro atoms. The third-order valence-corrected chi connectivity index (χ3v) is 3.66. The average molecular weight is 293 g/mol. The van der Waals surface area contributed by atoms with Crippen LogP contribution in [-0.4, -0.2) is 21.1 Å². The highest BCUT2D eigenvalue weighted by atomic mass is 35.5. The first kappa shape index (κ1) is 12.1. The molecule has 3 aromatic rings. The molecular formula is C12H9ClN4OS. The van der Waals surface area contributed by atoms with Crippen molar-refractivity contribution in [3.63, 3.8) is 0 Å². The first-order chi connectivity index (χ1) is 9.19. The number of rotatable bonds is 3. The van der Waals surface area contributed by atoms with Gasteiger partial charge in [0.15, 0.2) is 0 Å². The van der Waals surface area contributed by atoms with Gasteiger partial charge >= 0.3 is 0 Å². The molecule has 1 N–H and O–H groups in total. The normalized spacial score (nSPS) is 11.0. The van der Waals surface area contributed by atoms with Crippen molar-refractivity contribution in [2.45, 2.75) is 0 Å². The van der Waals surface area contributed by atoms with Crippen LogP contribution in [0, 0.1) is 0 Å². The summed E-state index contributed by atoms with van der Waals surface area (Å²) < 4.78 is 1.29. The number of nitrogens with zero attached hydrogens (tertiary/aromatic N) is 3. The average Bonchev–Trinajstić information content (AvgIpc) is 2.81. The van der Waals surface area contributed by atoms with Crippen molar-refractivity contribution in [1.82, 2.24) is 14.6 Å². The van der Waals surface area contributed by atoms with Crippen molar-refractivity contribution in [2.75, 3.05) is 11.9 Å². The van der Waals surface area contributed by atoms with Crippen LogP contribution in [0.2, 0.25) is 5.02 Å². The molecule has 0 unspecified atom stereocenters. The maximum absolute atomic E-state index is 12.3. The Bertz CT molecular complexity index is 839. The summed E-state index contributed by atoms with van der Waals surface area (Å²) in [5.41, 5.74) is 0.402. The van der Waals surface area contributed by atoms with Crippen LogP contribution in [0.4, 0.5) is 5.13 Å². The molecule has 0 atom stereocenters. The molecule has 3 rings (SSSR count). The van der Waals surface area contributed by atoms with Gasteiger partial charge in [0.25, 0.3) is 5.56 Å². The minimum absolute atomic E-state index is 0.217. The molecule has 2 aromatic heterocycles. The third kappa shape index (κ3) is 2.09. The number of hydrogen-bond donors (Lipinski definition) is 1. The number of nitrogens with one attached hydrogen (secondary N) is 1. The van der Waals surface area contributed by atoms with Crippen molar-refractivity contribution < 1.29 is 0 Å². The van der Waals surface area contributed by atoms with Gasteiger partial charge in [-0.1, -0.05) is 29.0 Å². The standard InChI is InChI=1S/C12H9ClN4OS/c1-2-5-14-11-16-17-10(18)8-6-7(13)3-4-9(8)15-12(17)19-11/h2-4,6H,1,5H2,(H,14,16). The van der Waals surface area contributed by atoms with E-state index in [1.165, 1.54) is 15.9 Å². The molecule has 0 fully saturated rings. The van der Waals surface area contributed by atoms with Crippen molar-refractivity contribution in [1.29, 1.82) is 0 Å². The lowest BCUT2D eigenvalue weighted by atomic mass is 10.2. The first-order valence-corrected chi connectivity index (χ1v) is 6.72. The SMILES string of the molecule is C=CCNc1nn2c(=O)c3cc(Cl)ccc3nc2s1. The van der Waals surface area contributed by atoms with E-state index in [0.717, 1.165) is 0 Å². The molecule has 0 aliphatic heterocycles. The van der Waals surface area contributed by atoms with Gasteiger partial charge in [0.05, 0.1) is 10.9 Å². The smallest absolute Gasteiger partial charge is 0.283 e. The molecule has 5 nitrogen and oxygen atoms in total. The van der Waals surface area contributed by atoms with Crippen LogP contribution in [0.1, 0.15) is 0 Å². The monoisotopic (exact) mass is 292 g/mol. The topological polar surface area (TPSA) is 59.3 Å². The van der Waals surface area contributed by atoms with Crippen LogP contribution in [-0.2, 0) is 0 Å². The molecule has 0 saturated heterocycles. The molecule has 0 bridgehead atoms. The van der Waals surface area contributed by atoms with Gasteiger partial charge in [-0.15, -0.1) is 11.7 Å². The zero-order valence-electron chi connectivity index (χ0n) is 9.76. The van der Waals surface area contributed by atoms with Gasteiger partial charge in [-0.25, -0.2) is 4.98 Å². The lowest BCUT2D eigenvalue weighted by Gasteiger charge is -1.97. The Labute approximate surface area is 117 Å². The number of halogens is 1.